The third kappa shape index (κ3) is 5.03. The van der Waals surface area contributed by atoms with E-state index in [1.54, 1.807) is 25.3 Å². The zero-order chi connectivity index (χ0) is 23.5. The van der Waals surface area contributed by atoms with Crippen molar-refractivity contribution in [2.75, 3.05) is 19.5 Å². The van der Waals surface area contributed by atoms with Gasteiger partial charge in [-0.05, 0) is 60.7 Å². The molecule has 0 unspecified atom stereocenters. The molecule has 1 amide bonds. The van der Waals surface area contributed by atoms with Gasteiger partial charge >= 0.3 is 0 Å². The summed E-state index contributed by atoms with van der Waals surface area (Å²) in [5.41, 5.74) is 2.89. The molecule has 0 aliphatic rings. The second kappa shape index (κ2) is 9.66. The van der Waals surface area contributed by atoms with Gasteiger partial charge in [0.15, 0.2) is 16.4 Å². The lowest BCUT2D eigenvalue weighted by Gasteiger charge is -2.11. The smallest absolute Gasteiger partial charge is 0.257 e. The van der Waals surface area contributed by atoms with E-state index in [1.165, 1.54) is 19.2 Å². The predicted octanol–water partition coefficient (Wildman–Crippen LogP) is 5.95. The van der Waals surface area contributed by atoms with E-state index in [0.717, 1.165) is 5.56 Å². The number of thiocarbonyl (C=S) groups is 1. The quantitative estimate of drug-likeness (QED) is 0.327. The molecular weight excluding hydrogens is 485 g/mol. The van der Waals surface area contributed by atoms with Crippen LogP contribution in [0, 0.1) is 0 Å². The summed E-state index contributed by atoms with van der Waals surface area (Å²) in [6.45, 7) is 0. The molecule has 0 saturated carbocycles. The van der Waals surface area contributed by atoms with Crippen molar-refractivity contribution < 1.29 is 18.7 Å². The Morgan fingerprint density at radius 3 is 2.48 bits per heavy atom. The minimum Gasteiger partial charge on any atom is -0.497 e. The number of halogens is 2. The van der Waals surface area contributed by atoms with E-state index in [4.69, 9.17) is 49.3 Å². The fraction of sp³-hybridized carbons (Fsp3) is 0.0870. The number of anilines is 1. The van der Waals surface area contributed by atoms with Crippen LogP contribution < -0.4 is 20.1 Å². The molecule has 0 aliphatic carbocycles. The van der Waals surface area contributed by atoms with Gasteiger partial charge in [-0.2, -0.15) is 0 Å². The second-order valence-corrected chi connectivity index (χ2v) is 8.04. The van der Waals surface area contributed by atoms with Crippen molar-refractivity contribution in [3.8, 4) is 23.0 Å². The maximum Gasteiger partial charge on any atom is 0.257 e. The zero-order valence-electron chi connectivity index (χ0n) is 17.4. The van der Waals surface area contributed by atoms with Gasteiger partial charge in [-0.15, -0.1) is 0 Å². The largest absolute Gasteiger partial charge is 0.497 e. The van der Waals surface area contributed by atoms with Crippen LogP contribution in [-0.2, 0) is 0 Å². The van der Waals surface area contributed by atoms with Crippen LogP contribution >= 0.6 is 35.4 Å². The number of rotatable bonds is 5. The summed E-state index contributed by atoms with van der Waals surface area (Å²) in [6.07, 6.45) is 0. The molecule has 1 heterocycles. The SMILES string of the molecule is COc1cccc(-c2nc3cc(NC(=S)NC(=O)c4cc(Cl)c(OC)c(Cl)c4)ccc3o2)c1. The summed E-state index contributed by atoms with van der Waals surface area (Å²) in [6, 6.07) is 15.6. The van der Waals surface area contributed by atoms with Crippen molar-refractivity contribution in [3.63, 3.8) is 0 Å². The number of fused-ring (bicyclic) bond motifs is 1. The normalized spacial score (nSPS) is 10.7. The molecule has 7 nitrogen and oxygen atoms in total. The van der Waals surface area contributed by atoms with Gasteiger partial charge in [0.2, 0.25) is 5.89 Å². The molecule has 4 rings (SSSR count). The van der Waals surface area contributed by atoms with Crippen LogP contribution in [0.2, 0.25) is 10.0 Å². The zero-order valence-corrected chi connectivity index (χ0v) is 19.8. The van der Waals surface area contributed by atoms with Crippen LogP contribution in [0.4, 0.5) is 5.69 Å². The van der Waals surface area contributed by atoms with E-state index in [9.17, 15) is 4.79 Å². The monoisotopic (exact) mass is 501 g/mol. The van der Waals surface area contributed by atoms with Crippen molar-refractivity contribution >= 4 is 63.2 Å². The van der Waals surface area contributed by atoms with Crippen LogP contribution in [0.25, 0.3) is 22.6 Å². The summed E-state index contributed by atoms with van der Waals surface area (Å²) in [5.74, 6) is 0.995. The van der Waals surface area contributed by atoms with E-state index < -0.39 is 5.91 Å². The third-order valence-corrected chi connectivity index (χ3v) is 5.42. The first-order valence-corrected chi connectivity index (χ1v) is 10.7. The number of methoxy groups -OCH3 is 2. The lowest BCUT2D eigenvalue weighted by molar-refractivity contribution is 0.0977. The summed E-state index contributed by atoms with van der Waals surface area (Å²) in [7, 11) is 3.04. The standard InChI is InChI=1S/C23H17Cl2N3O4S/c1-30-15-5-3-4-12(8-15)22-27-18-11-14(6-7-19(18)32-22)26-23(33)28-21(29)13-9-16(24)20(31-2)17(25)10-13/h3-11H,1-2H3,(H2,26,28,29,33). The minimum absolute atomic E-state index is 0.0962. The Kier molecular flexibility index (Phi) is 6.69. The van der Waals surface area contributed by atoms with Gasteiger partial charge in [-0.3, -0.25) is 10.1 Å². The van der Waals surface area contributed by atoms with Gasteiger partial charge in [0.05, 0.1) is 24.3 Å². The number of benzene rings is 3. The number of amides is 1. The first-order valence-electron chi connectivity index (χ1n) is 9.58. The Morgan fingerprint density at radius 1 is 1.03 bits per heavy atom. The van der Waals surface area contributed by atoms with E-state index in [-0.39, 0.29) is 20.7 Å². The molecule has 168 valence electrons. The highest BCUT2D eigenvalue weighted by Gasteiger charge is 2.15. The van der Waals surface area contributed by atoms with Crippen molar-refractivity contribution in [1.82, 2.24) is 10.3 Å². The number of oxazole rings is 1. The number of carbonyl (C=O) groups excluding carboxylic acids is 1. The van der Waals surface area contributed by atoms with Crippen LogP contribution in [0.15, 0.2) is 59.0 Å². The summed E-state index contributed by atoms with van der Waals surface area (Å²) < 4.78 is 16.2. The molecule has 10 heteroatoms. The molecule has 0 atom stereocenters. The Morgan fingerprint density at radius 2 is 1.79 bits per heavy atom. The van der Waals surface area contributed by atoms with Gasteiger partial charge in [-0.1, -0.05) is 29.3 Å². The predicted molar refractivity (Wildman–Crippen MR) is 133 cm³/mol. The third-order valence-electron chi connectivity index (χ3n) is 4.65. The molecule has 0 fully saturated rings. The maximum atomic E-state index is 12.5. The van der Waals surface area contributed by atoms with Gasteiger partial charge in [0.1, 0.15) is 11.3 Å². The Bertz CT molecular complexity index is 1350. The van der Waals surface area contributed by atoms with E-state index >= 15 is 0 Å². The molecular formula is C23H17Cl2N3O4S. The lowest BCUT2D eigenvalue weighted by atomic mass is 10.2. The number of ether oxygens (including phenoxy) is 2. The summed E-state index contributed by atoms with van der Waals surface area (Å²) >= 11 is 17.5. The highest BCUT2D eigenvalue weighted by atomic mass is 35.5. The summed E-state index contributed by atoms with van der Waals surface area (Å²) in [5, 5.41) is 6.09. The highest BCUT2D eigenvalue weighted by molar-refractivity contribution is 7.80. The maximum absolute atomic E-state index is 12.5. The molecule has 4 aromatic rings. The molecule has 0 saturated heterocycles. The van der Waals surface area contributed by atoms with Crippen molar-refractivity contribution in [2.24, 2.45) is 0 Å². The van der Waals surface area contributed by atoms with E-state index in [0.29, 0.717) is 34.2 Å². The first-order chi connectivity index (χ1) is 15.9. The number of aromatic nitrogens is 1. The topological polar surface area (TPSA) is 85.6 Å². The van der Waals surface area contributed by atoms with E-state index in [1.807, 2.05) is 24.3 Å². The fourth-order valence-electron chi connectivity index (χ4n) is 3.11. The van der Waals surface area contributed by atoms with E-state index in [2.05, 4.69) is 15.6 Å². The fourth-order valence-corrected chi connectivity index (χ4v) is 3.96. The number of hydrogen-bond donors (Lipinski definition) is 2. The second-order valence-electron chi connectivity index (χ2n) is 6.81. The molecule has 0 aliphatic heterocycles. The van der Waals surface area contributed by atoms with Gasteiger partial charge in [-0.25, -0.2) is 4.98 Å². The molecule has 0 bridgehead atoms. The Labute approximate surface area is 204 Å². The molecule has 1 aromatic heterocycles. The van der Waals surface area contributed by atoms with Crippen LogP contribution in [0.1, 0.15) is 10.4 Å². The number of nitrogens with zero attached hydrogens (tertiary/aromatic N) is 1. The van der Waals surface area contributed by atoms with Gasteiger partial charge in [0, 0.05) is 16.8 Å². The number of hydrogen-bond acceptors (Lipinski definition) is 6. The van der Waals surface area contributed by atoms with Crippen molar-refractivity contribution in [3.05, 3.63) is 70.2 Å². The molecule has 33 heavy (non-hydrogen) atoms. The highest BCUT2D eigenvalue weighted by Crippen LogP contribution is 2.34. The Balaban J connectivity index is 1.48. The van der Waals surface area contributed by atoms with Gasteiger partial charge < -0.3 is 19.2 Å². The Hall–Kier alpha value is -3.33. The molecule has 0 radical (unpaired) electrons. The van der Waals surface area contributed by atoms with Crippen LogP contribution in [-0.4, -0.2) is 30.2 Å². The number of nitrogens with one attached hydrogen (secondary N) is 2. The average molecular weight is 502 g/mol. The minimum atomic E-state index is -0.471. The van der Waals surface area contributed by atoms with Crippen LogP contribution in [0.5, 0.6) is 11.5 Å². The van der Waals surface area contributed by atoms with Crippen molar-refractivity contribution in [1.29, 1.82) is 0 Å². The van der Waals surface area contributed by atoms with Crippen LogP contribution in [0.3, 0.4) is 0 Å². The van der Waals surface area contributed by atoms with Crippen molar-refractivity contribution in [2.45, 2.75) is 0 Å². The molecule has 0 spiro atoms. The summed E-state index contributed by atoms with van der Waals surface area (Å²) in [4.78, 5) is 17.1. The molecule has 2 N–H and O–H groups in total. The molecule has 3 aromatic carbocycles. The average Bonchev–Trinajstić information content (AvgIpc) is 3.22. The first kappa shape index (κ1) is 22.8. The lowest BCUT2D eigenvalue weighted by Crippen LogP contribution is -2.34. The number of carbonyl (C=O) groups is 1. The van der Waals surface area contributed by atoms with Gasteiger partial charge in [0.25, 0.3) is 5.91 Å².